The number of hydroxylamine groups is 3. The number of carbonyl (C=O) groups is 1. The third-order valence-electron chi connectivity index (χ3n) is 6.22. The van der Waals surface area contributed by atoms with Crippen LogP contribution in [0.25, 0.3) is 5.57 Å². The molecule has 0 spiro atoms. The minimum Gasteiger partial charge on any atom is -0.488 e. The third-order valence-corrected chi connectivity index (χ3v) is 6.22. The molecule has 0 unspecified atom stereocenters. The Bertz CT molecular complexity index is 852. The molecule has 1 aliphatic heterocycles. The molecule has 0 radical (unpaired) electrons. The SMILES string of the molecule is CCOC(=O)C1=C(C(CC)CC)c2ccc(OCC[N+]3(O)CCOCC3)cc2/C1=N\C. The zero-order valence-electron chi connectivity index (χ0n) is 19.1. The number of esters is 1. The molecule has 170 valence electrons. The molecule has 0 saturated carbocycles. The number of fused-ring (bicyclic) bond motifs is 1. The summed E-state index contributed by atoms with van der Waals surface area (Å²) < 4.78 is 16.7. The summed E-state index contributed by atoms with van der Waals surface area (Å²) in [5, 5.41) is 10.6. The fraction of sp³-hybridized carbons (Fsp3) is 0.583. The van der Waals surface area contributed by atoms with E-state index >= 15 is 0 Å². The molecule has 3 rings (SSSR count). The Kier molecular flexibility index (Phi) is 7.86. The summed E-state index contributed by atoms with van der Waals surface area (Å²) >= 11 is 0. The summed E-state index contributed by atoms with van der Waals surface area (Å²) in [7, 11) is 1.71. The predicted molar refractivity (Wildman–Crippen MR) is 119 cm³/mol. The van der Waals surface area contributed by atoms with Crippen molar-refractivity contribution in [1.82, 2.24) is 0 Å². The van der Waals surface area contributed by atoms with E-state index < -0.39 is 0 Å². The molecule has 1 heterocycles. The zero-order valence-corrected chi connectivity index (χ0v) is 19.1. The number of allylic oxidation sites excluding steroid dienone is 1. The highest BCUT2D eigenvalue weighted by molar-refractivity contribution is 6.35. The molecule has 7 nitrogen and oxygen atoms in total. The van der Waals surface area contributed by atoms with Gasteiger partial charge in [-0.1, -0.05) is 19.9 Å². The number of hydrogen-bond acceptors (Lipinski definition) is 6. The number of rotatable bonds is 9. The van der Waals surface area contributed by atoms with Gasteiger partial charge in [-0.15, -0.1) is 0 Å². The van der Waals surface area contributed by atoms with Crippen molar-refractivity contribution in [2.75, 3.05) is 53.1 Å². The number of carbonyl (C=O) groups excluding carboxylic acids is 1. The van der Waals surface area contributed by atoms with Crippen molar-refractivity contribution in [3.63, 3.8) is 0 Å². The summed E-state index contributed by atoms with van der Waals surface area (Å²) in [6.45, 7) is 9.59. The number of hydrogen-bond donors (Lipinski definition) is 1. The first-order valence-corrected chi connectivity index (χ1v) is 11.3. The Morgan fingerprint density at radius 3 is 2.52 bits per heavy atom. The lowest BCUT2D eigenvalue weighted by atomic mass is 9.88. The lowest BCUT2D eigenvalue weighted by molar-refractivity contribution is -1.11. The molecule has 1 aliphatic carbocycles. The molecule has 1 aromatic rings. The van der Waals surface area contributed by atoms with Crippen LogP contribution in [0, 0.1) is 5.92 Å². The van der Waals surface area contributed by atoms with Crippen LogP contribution in [-0.4, -0.2) is 74.6 Å². The van der Waals surface area contributed by atoms with Crippen LogP contribution in [0.15, 0.2) is 28.8 Å². The first kappa shape index (κ1) is 23.4. The quantitative estimate of drug-likeness (QED) is 0.478. The van der Waals surface area contributed by atoms with Gasteiger partial charge in [0.05, 0.1) is 31.1 Å². The maximum Gasteiger partial charge on any atom is 0.340 e. The molecule has 0 aromatic heterocycles. The standard InChI is InChI=1S/C24H35N2O5/c1-5-17(6-2)21-19-9-8-18(31-15-12-26(28)10-13-29-14-11-26)16-20(19)23(25-4)22(21)24(27)30-7-3/h8-9,16-17,28H,5-7,10-15H2,1-4H3/q+1/b25-23+. The minimum atomic E-state index is -0.317. The van der Waals surface area contributed by atoms with Crippen molar-refractivity contribution in [2.45, 2.75) is 33.6 Å². The van der Waals surface area contributed by atoms with Crippen LogP contribution in [0.1, 0.15) is 44.7 Å². The van der Waals surface area contributed by atoms with E-state index in [2.05, 4.69) is 18.8 Å². The topological polar surface area (TPSA) is 77.4 Å². The van der Waals surface area contributed by atoms with Gasteiger partial charge in [0.2, 0.25) is 0 Å². The molecule has 2 aliphatic rings. The fourth-order valence-corrected chi connectivity index (χ4v) is 4.44. The Hall–Kier alpha value is -2.22. The molecular formula is C24H35N2O5+. The molecule has 31 heavy (non-hydrogen) atoms. The highest BCUT2D eigenvalue weighted by Crippen LogP contribution is 2.42. The van der Waals surface area contributed by atoms with Crippen LogP contribution in [0.5, 0.6) is 5.75 Å². The van der Waals surface area contributed by atoms with Gasteiger partial charge in [-0.25, -0.2) is 10.0 Å². The summed E-state index contributed by atoms with van der Waals surface area (Å²) in [5.74, 6) is 0.640. The largest absolute Gasteiger partial charge is 0.488 e. The van der Waals surface area contributed by atoms with E-state index in [0.717, 1.165) is 29.5 Å². The molecule has 0 amide bonds. The molecule has 0 atom stereocenters. The monoisotopic (exact) mass is 431 g/mol. The summed E-state index contributed by atoms with van der Waals surface area (Å²) in [6, 6.07) is 5.91. The van der Waals surface area contributed by atoms with Crippen LogP contribution in [0.2, 0.25) is 0 Å². The van der Waals surface area contributed by atoms with Gasteiger partial charge in [0, 0.05) is 12.6 Å². The number of morpholine rings is 1. The van der Waals surface area contributed by atoms with Gasteiger partial charge < -0.3 is 14.2 Å². The fourth-order valence-electron chi connectivity index (χ4n) is 4.44. The zero-order chi connectivity index (χ0) is 22.4. The van der Waals surface area contributed by atoms with E-state index in [0.29, 0.717) is 63.1 Å². The molecule has 1 fully saturated rings. The second-order valence-corrected chi connectivity index (χ2v) is 8.03. The lowest BCUT2D eigenvalue weighted by Crippen LogP contribution is -2.54. The molecule has 1 N–H and O–H groups in total. The smallest absolute Gasteiger partial charge is 0.340 e. The number of ether oxygens (including phenoxy) is 3. The van der Waals surface area contributed by atoms with Gasteiger partial charge >= 0.3 is 5.97 Å². The van der Waals surface area contributed by atoms with E-state index in [4.69, 9.17) is 14.2 Å². The summed E-state index contributed by atoms with van der Waals surface area (Å²) in [4.78, 5) is 17.3. The molecule has 1 saturated heterocycles. The van der Waals surface area contributed by atoms with E-state index in [1.54, 1.807) is 7.05 Å². The average Bonchev–Trinajstić information content (AvgIpc) is 3.09. The van der Waals surface area contributed by atoms with E-state index in [-0.39, 0.29) is 16.5 Å². The normalized spacial score (nSPS) is 19.1. The first-order chi connectivity index (χ1) is 15.0. The molecular weight excluding hydrogens is 396 g/mol. The molecule has 1 aromatic carbocycles. The van der Waals surface area contributed by atoms with E-state index in [1.807, 2.05) is 25.1 Å². The Balaban J connectivity index is 1.85. The number of aliphatic imine (C=N–C) groups is 1. The Labute approximate surface area is 184 Å². The number of benzene rings is 1. The van der Waals surface area contributed by atoms with Crippen molar-refractivity contribution in [3.05, 3.63) is 34.9 Å². The molecule has 0 bridgehead atoms. The molecule has 7 heteroatoms. The number of nitrogens with zero attached hydrogens (tertiary/aromatic N) is 2. The maximum absolute atomic E-state index is 12.9. The average molecular weight is 432 g/mol. The van der Waals surface area contributed by atoms with Crippen LogP contribution in [0.3, 0.4) is 0 Å². The van der Waals surface area contributed by atoms with E-state index in [9.17, 15) is 10.0 Å². The second-order valence-electron chi connectivity index (χ2n) is 8.03. The van der Waals surface area contributed by atoms with Gasteiger partial charge in [-0.2, -0.15) is 4.65 Å². The van der Waals surface area contributed by atoms with Gasteiger partial charge in [0.25, 0.3) is 0 Å². The van der Waals surface area contributed by atoms with Gasteiger partial charge in [-0.05, 0) is 49.0 Å². The first-order valence-electron chi connectivity index (χ1n) is 11.3. The predicted octanol–water partition coefficient (Wildman–Crippen LogP) is 3.49. The van der Waals surface area contributed by atoms with Gasteiger partial charge in [-0.3, -0.25) is 4.99 Å². The lowest BCUT2D eigenvalue weighted by Gasteiger charge is -2.33. The highest BCUT2D eigenvalue weighted by atomic mass is 16.6. The Morgan fingerprint density at radius 1 is 1.19 bits per heavy atom. The van der Waals surface area contributed by atoms with Crippen molar-refractivity contribution >= 4 is 17.3 Å². The van der Waals surface area contributed by atoms with Crippen molar-refractivity contribution in [1.29, 1.82) is 0 Å². The van der Waals surface area contributed by atoms with Crippen LogP contribution >= 0.6 is 0 Å². The van der Waals surface area contributed by atoms with Crippen LogP contribution in [0.4, 0.5) is 0 Å². The number of quaternary nitrogens is 1. The van der Waals surface area contributed by atoms with Crippen LogP contribution < -0.4 is 4.74 Å². The minimum absolute atomic E-state index is 0.0278. The summed E-state index contributed by atoms with van der Waals surface area (Å²) in [6.07, 6.45) is 1.87. The van der Waals surface area contributed by atoms with Crippen molar-refractivity contribution in [3.8, 4) is 5.75 Å². The second kappa shape index (κ2) is 10.4. The third kappa shape index (κ3) is 5.00. The highest BCUT2D eigenvalue weighted by Gasteiger charge is 2.36. The van der Waals surface area contributed by atoms with Gasteiger partial charge in [0.15, 0.2) is 0 Å². The summed E-state index contributed by atoms with van der Waals surface area (Å²) in [5.41, 5.74) is 4.21. The van der Waals surface area contributed by atoms with Crippen LogP contribution in [-0.2, 0) is 14.3 Å². The maximum atomic E-state index is 12.9. The van der Waals surface area contributed by atoms with Gasteiger partial charge in [0.1, 0.15) is 32.0 Å². The van der Waals surface area contributed by atoms with Crippen molar-refractivity contribution in [2.24, 2.45) is 10.9 Å². The van der Waals surface area contributed by atoms with E-state index in [1.165, 1.54) is 0 Å². The van der Waals surface area contributed by atoms with Crippen molar-refractivity contribution < 1.29 is 28.9 Å². The Morgan fingerprint density at radius 2 is 1.90 bits per heavy atom.